The first-order valence-corrected chi connectivity index (χ1v) is 11.9. The van der Waals surface area contributed by atoms with E-state index in [9.17, 15) is 24.3 Å². The van der Waals surface area contributed by atoms with Crippen LogP contribution in [0.3, 0.4) is 0 Å². The molecular formula is C24H46N2O8. The van der Waals surface area contributed by atoms with Gasteiger partial charge < -0.3 is 25.0 Å². The fraction of sp³-hybridized carbons (Fsp3) is 0.833. The first kappa shape index (κ1) is 33.7. The number of carbonyl (C=O) groups excluding carboxylic acids is 2. The normalized spacial score (nSPS) is 15.7. The number of aliphatic carboxylic acids is 2. The maximum atomic E-state index is 11.6. The number of hydrogen-bond donors (Lipinski definition) is 3. The third-order valence-electron chi connectivity index (χ3n) is 4.68. The minimum atomic E-state index is -1.06. The first-order chi connectivity index (χ1) is 15.4. The molecule has 0 radical (unpaired) electrons. The number of ether oxygens (including phenoxy) is 2. The highest BCUT2D eigenvalue weighted by atomic mass is 16.6. The second-order valence-electron chi connectivity index (χ2n) is 9.97. The summed E-state index contributed by atoms with van der Waals surface area (Å²) < 4.78 is 10.1. The van der Waals surface area contributed by atoms with Crippen molar-refractivity contribution >= 4 is 24.1 Å². The van der Waals surface area contributed by atoms with E-state index in [1.807, 2.05) is 13.8 Å². The number of rotatable bonds is 5. The largest absolute Gasteiger partial charge is 0.480 e. The fourth-order valence-corrected chi connectivity index (χ4v) is 2.94. The second-order valence-corrected chi connectivity index (χ2v) is 9.97. The van der Waals surface area contributed by atoms with E-state index in [0.717, 1.165) is 37.0 Å². The Morgan fingerprint density at radius 1 is 0.853 bits per heavy atom. The van der Waals surface area contributed by atoms with E-state index < -0.39 is 47.4 Å². The molecule has 1 saturated carbocycles. The van der Waals surface area contributed by atoms with Gasteiger partial charge >= 0.3 is 24.1 Å². The van der Waals surface area contributed by atoms with Crippen LogP contribution >= 0.6 is 0 Å². The maximum absolute atomic E-state index is 11.6. The van der Waals surface area contributed by atoms with Gasteiger partial charge in [0.25, 0.3) is 0 Å². The number of hydrogen-bond acceptors (Lipinski definition) is 6. The van der Waals surface area contributed by atoms with Crippen molar-refractivity contribution < 1.29 is 38.9 Å². The summed E-state index contributed by atoms with van der Waals surface area (Å²) in [5.74, 6) is -2.02. The third-order valence-corrected chi connectivity index (χ3v) is 4.68. The lowest BCUT2D eigenvalue weighted by Gasteiger charge is -2.29. The Hall–Kier alpha value is -2.52. The van der Waals surface area contributed by atoms with Gasteiger partial charge in [-0.2, -0.15) is 0 Å². The lowest BCUT2D eigenvalue weighted by Crippen LogP contribution is -2.48. The van der Waals surface area contributed by atoms with Crippen LogP contribution in [0.15, 0.2) is 0 Å². The van der Waals surface area contributed by atoms with Crippen molar-refractivity contribution in [1.29, 1.82) is 0 Å². The van der Waals surface area contributed by atoms with Crippen molar-refractivity contribution in [1.82, 2.24) is 10.2 Å². The van der Waals surface area contributed by atoms with E-state index in [1.165, 1.54) is 14.0 Å². The van der Waals surface area contributed by atoms with Crippen LogP contribution in [0.2, 0.25) is 0 Å². The molecule has 0 bridgehead atoms. The number of carbonyl (C=O) groups is 4. The summed E-state index contributed by atoms with van der Waals surface area (Å²) in [5.41, 5.74) is -1.22. The highest BCUT2D eigenvalue weighted by Crippen LogP contribution is 2.26. The van der Waals surface area contributed by atoms with Crippen LogP contribution in [0.5, 0.6) is 0 Å². The minimum Gasteiger partial charge on any atom is -0.480 e. The van der Waals surface area contributed by atoms with Crippen molar-refractivity contribution in [2.75, 3.05) is 7.05 Å². The first-order valence-electron chi connectivity index (χ1n) is 11.9. The van der Waals surface area contributed by atoms with Gasteiger partial charge in [-0.15, -0.1) is 0 Å². The molecule has 0 aliphatic heterocycles. The molecule has 10 heteroatoms. The number of likely N-dealkylation sites (N-methyl/N-ethyl adjacent to an activating group) is 1. The predicted octanol–water partition coefficient (Wildman–Crippen LogP) is 4.90. The van der Waals surface area contributed by atoms with Crippen LogP contribution < -0.4 is 5.32 Å². The number of nitrogens with zero attached hydrogens (tertiary/aromatic N) is 1. The molecule has 2 atom stereocenters. The average molecular weight is 491 g/mol. The van der Waals surface area contributed by atoms with Crippen molar-refractivity contribution in [2.24, 2.45) is 5.92 Å². The van der Waals surface area contributed by atoms with Crippen LogP contribution in [0, 0.1) is 5.92 Å². The molecule has 2 amide bonds. The van der Waals surface area contributed by atoms with E-state index >= 15 is 0 Å². The summed E-state index contributed by atoms with van der Waals surface area (Å²) in [4.78, 5) is 45.8. The van der Waals surface area contributed by atoms with Gasteiger partial charge in [0.2, 0.25) is 0 Å². The molecular weight excluding hydrogens is 444 g/mol. The summed E-state index contributed by atoms with van der Waals surface area (Å²) in [6, 6.07) is -1.72. The quantitative estimate of drug-likeness (QED) is 0.494. The standard InChI is InChI=1S/C13H23NO4.C9H17NO4.C2H6/c1-13(2,3)18-12(17)14-10(11(15)16)9-7-5-4-6-8-9;1-6(7(11)12)10(5)8(13)14-9(2,3)4;1-2/h9-10H,4-8H2,1-3H3,(H,14,17)(H,15,16);6H,1-5H3,(H,11,12);1-2H3/t;6-;/m.0./s1. The van der Waals surface area contributed by atoms with Gasteiger partial charge in [0, 0.05) is 7.05 Å². The van der Waals surface area contributed by atoms with Crippen LogP contribution in [0.25, 0.3) is 0 Å². The summed E-state index contributed by atoms with van der Waals surface area (Å²) in [7, 11) is 1.40. The minimum absolute atomic E-state index is 0.0174. The third kappa shape index (κ3) is 15.3. The molecule has 1 fully saturated rings. The summed E-state index contributed by atoms with van der Waals surface area (Å²) in [6.45, 7) is 15.9. The predicted molar refractivity (Wildman–Crippen MR) is 130 cm³/mol. The van der Waals surface area contributed by atoms with E-state index in [2.05, 4.69) is 5.32 Å². The van der Waals surface area contributed by atoms with Crippen molar-refractivity contribution in [3.8, 4) is 0 Å². The zero-order valence-corrected chi connectivity index (χ0v) is 22.6. The Morgan fingerprint density at radius 2 is 1.29 bits per heavy atom. The molecule has 1 unspecified atom stereocenters. The molecule has 200 valence electrons. The van der Waals surface area contributed by atoms with Crippen molar-refractivity contribution in [3.05, 3.63) is 0 Å². The van der Waals surface area contributed by atoms with E-state index in [1.54, 1.807) is 41.5 Å². The molecule has 34 heavy (non-hydrogen) atoms. The lowest BCUT2D eigenvalue weighted by molar-refractivity contribution is -0.142. The molecule has 0 aromatic carbocycles. The molecule has 1 aliphatic carbocycles. The smallest absolute Gasteiger partial charge is 0.410 e. The number of nitrogens with one attached hydrogen (secondary N) is 1. The molecule has 10 nitrogen and oxygen atoms in total. The van der Waals surface area contributed by atoms with Crippen molar-refractivity contribution in [3.63, 3.8) is 0 Å². The molecule has 1 rings (SSSR count). The van der Waals surface area contributed by atoms with Gasteiger partial charge in [0.15, 0.2) is 0 Å². The SMILES string of the molecule is CC.CC(C)(C)OC(=O)NC(C(=O)O)C1CCCCC1.C[C@@H](C(=O)O)N(C)C(=O)OC(C)(C)C. The molecule has 1 aliphatic rings. The Kier molecular flexibility index (Phi) is 15.2. The Bertz CT molecular complexity index is 646. The van der Waals surface area contributed by atoms with Crippen molar-refractivity contribution in [2.45, 2.75) is 118 Å². The van der Waals surface area contributed by atoms with Gasteiger partial charge in [-0.05, 0) is 67.2 Å². The highest BCUT2D eigenvalue weighted by Gasteiger charge is 2.32. The maximum Gasteiger partial charge on any atom is 0.410 e. The van der Waals surface area contributed by atoms with Gasteiger partial charge in [-0.25, -0.2) is 19.2 Å². The number of alkyl carbamates (subject to hydrolysis) is 1. The highest BCUT2D eigenvalue weighted by molar-refractivity contribution is 5.80. The van der Waals surface area contributed by atoms with Gasteiger partial charge in [-0.1, -0.05) is 33.1 Å². The number of carboxylic acid groups (broad SMARTS) is 2. The fourth-order valence-electron chi connectivity index (χ4n) is 2.94. The summed E-state index contributed by atoms with van der Waals surface area (Å²) >= 11 is 0. The zero-order chi connectivity index (χ0) is 27.3. The molecule has 0 aromatic rings. The van der Waals surface area contributed by atoms with Crippen LogP contribution in [0.4, 0.5) is 9.59 Å². The number of carboxylic acids is 2. The lowest BCUT2D eigenvalue weighted by atomic mass is 9.84. The molecule has 3 N–H and O–H groups in total. The molecule has 0 saturated heterocycles. The van der Waals surface area contributed by atoms with Gasteiger partial charge in [0.05, 0.1) is 0 Å². The molecule has 0 spiro atoms. The second kappa shape index (κ2) is 15.4. The van der Waals surface area contributed by atoms with E-state index in [0.29, 0.717) is 0 Å². The van der Waals surface area contributed by atoms with Gasteiger partial charge in [-0.3, -0.25) is 4.90 Å². The average Bonchev–Trinajstić information content (AvgIpc) is 2.70. The van der Waals surface area contributed by atoms with E-state index in [4.69, 9.17) is 14.6 Å². The van der Waals surface area contributed by atoms with Crippen LogP contribution in [-0.2, 0) is 19.1 Å². The summed E-state index contributed by atoms with van der Waals surface area (Å²) in [5, 5.41) is 20.3. The molecule has 0 aromatic heterocycles. The Balaban J connectivity index is 0. The monoisotopic (exact) mass is 490 g/mol. The zero-order valence-electron chi connectivity index (χ0n) is 22.6. The van der Waals surface area contributed by atoms with Crippen LogP contribution in [-0.4, -0.2) is 69.6 Å². The van der Waals surface area contributed by atoms with Gasteiger partial charge in [0.1, 0.15) is 23.3 Å². The topological polar surface area (TPSA) is 142 Å². The Morgan fingerprint density at radius 3 is 1.65 bits per heavy atom. The Labute approximate surface area is 204 Å². The molecule has 0 heterocycles. The van der Waals surface area contributed by atoms with E-state index in [-0.39, 0.29) is 5.92 Å². The number of amides is 2. The van der Waals surface area contributed by atoms with Crippen LogP contribution in [0.1, 0.15) is 94.4 Å². The summed E-state index contributed by atoms with van der Waals surface area (Å²) in [6.07, 6.45) is 3.64.